The molecule has 0 radical (unpaired) electrons. The van der Waals surface area contributed by atoms with Crippen molar-refractivity contribution in [3.05, 3.63) is 82.2 Å². The number of hydrogen-bond donors (Lipinski definition) is 0. The van der Waals surface area contributed by atoms with Gasteiger partial charge in [0, 0.05) is 70.4 Å². The maximum Gasteiger partial charge on any atom is 0.105 e. The van der Waals surface area contributed by atoms with Crippen LogP contribution < -0.4 is 0 Å². The molecule has 4 aromatic rings. The van der Waals surface area contributed by atoms with Crippen LogP contribution in [0.1, 0.15) is 29.2 Å². The van der Waals surface area contributed by atoms with Gasteiger partial charge in [0.2, 0.25) is 0 Å². The van der Waals surface area contributed by atoms with Crippen molar-refractivity contribution in [1.29, 1.82) is 0 Å². The maximum atomic E-state index is 5.17. The van der Waals surface area contributed by atoms with Crippen LogP contribution >= 0.6 is 15.9 Å². The van der Waals surface area contributed by atoms with E-state index in [0.29, 0.717) is 12.5 Å². The molecule has 0 bridgehead atoms. The van der Waals surface area contributed by atoms with E-state index in [1.807, 2.05) is 24.5 Å². The van der Waals surface area contributed by atoms with Crippen LogP contribution in [0.3, 0.4) is 0 Å². The van der Waals surface area contributed by atoms with Gasteiger partial charge in [-0.25, -0.2) is 4.98 Å². The molecule has 1 aliphatic carbocycles. The third-order valence-electron chi connectivity index (χ3n) is 6.14. The number of hydrogen-bond acceptors (Lipinski definition) is 3. The number of pyridine rings is 1. The fourth-order valence-corrected chi connectivity index (χ4v) is 4.80. The summed E-state index contributed by atoms with van der Waals surface area (Å²) in [5.41, 5.74) is 6.16. The van der Waals surface area contributed by atoms with Gasteiger partial charge in [-0.15, -0.1) is 0 Å². The van der Waals surface area contributed by atoms with E-state index >= 15 is 0 Å². The minimum Gasteiger partial charge on any atom is -0.347 e. The quantitative estimate of drug-likeness (QED) is 0.424. The van der Waals surface area contributed by atoms with E-state index < -0.39 is 0 Å². The molecule has 0 saturated carbocycles. The number of imidazole rings is 1. The minimum atomic E-state index is 0.353. The molecule has 0 saturated heterocycles. The molecule has 3 aromatic heterocycles. The lowest BCUT2D eigenvalue weighted by atomic mass is 9.84. The first-order valence-electron chi connectivity index (χ1n) is 10.3. The summed E-state index contributed by atoms with van der Waals surface area (Å²) >= 11 is 3.46. The Balaban J connectivity index is 1.60. The van der Waals surface area contributed by atoms with Gasteiger partial charge in [-0.05, 0) is 53.9 Å². The van der Waals surface area contributed by atoms with Crippen molar-refractivity contribution < 1.29 is 0 Å². The van der Waals surface area contributed by atoms with Crippen molar-refractivity contribution in [2.45, 2.75) is 32.9 Å². The van der Waals surface area contributed by atoms with Crippen molar-refractivity contribution in [3.8, 4) is 0 Å². The molecule has 1 unspecified atom stereocenters. The summed E-state index contributed by atoms with van der Waals surface area (Å²) in [5.74, 6) is 1.40. The van der Waals surface area contributed by atoms with E-state index in [1.54, 1.807) is 0 Å². The molecule has 30 heavy (non-hydrogen) atoms. The molecule has 1 aromatic carbocycles. The van der Waals surface area contributed by atoms with E-state index in [-0.39, 0.29) is 0 Å². The summed E-state index contributed by atoms with van der Waals surface area (Å²) in [6.07, 6.45) is 7.94. The number of benzene rings is 1. The Morgan fingerprint density at radius 2 is 2.03 bits per heavy atom. The molecule has 0 spiro atoms. The van der Waals surface area contributed by atoms with Gasteiger partial charge in [0.1, 0.15) is 5.82 Å². The van der Waals surface area contributed by atoms with Gasteiger partial charge in [0.05, 0.1) is 12.2 Å². The summed E-state index contributed by atoms with van der Waals surface area (Å²) in [5, 5.41) is 1.30. The van der Waals surface area contributed by atoms with Crippen LogP contribution in [0.5, 0.6) is 0 Å². The highest BCUT2D eigenvalue weighted by atomic mass is 79.9. The highest BCUT2D eigenvalue weighted by Crippen LogP contribution is 2.35. The van der Waals surface area contributed by atoms with Crippen LogP contribution in [0.2, 0.25) is 0 Å². The highest BCUT2D eigenvalue weighted by molar-refractivity contribution is 9.10. The number of aliphatic imine (C=N–C) groups is 1. The standard InChI is InChI=1S/C24H24BrN5/c1-16-26-11-12-30(16)15-17-7-10-22-23(20-5-3-4-6-21(20)29(22)2)24(17)28-14-19-9-8-18(25)13-27-19/h3-6,8-9,11-13,17H,7,10,14-15H2,1-2H3. The fraction of sp³-hybridized carbons (Fsp3) is 0.292. The van der Waals surface area contributed by atoms with Gasteiger partial charge in [-0.2, -0.15) is 0 Å². The molecule has 6 heteroatoms. The lowest BCUT2D eigenvalue weighted by Crippen LogP contribution is -2.28. The molecule has 0 fully saturated rings. The summed E-state index contributed by atoms with van der Waals surface area (Å²) in [6, 6.07) is 12.7. The lowest BCUT2D eigenvalue weighted by molar-refractivity contribution is 0.498. The summed E-state index contributed by atoms with van der Waals surface area (Å²) in [4.78, 5) is 14.1. The normalized spacial score (nSPS) is 17.6. The smallest absolute Gasteiger partial charge is 0.105 e. The number of rotatable bonds is 4. The largest absolute Gasteiger partial charge is 0.347 e. The molecule has 5 rings (SSSR count). The Bertz CT molecular complexity index is 1230. The molecule has 3 heterocycles. The Morgan fingerprint density at radius 1 is 1.17 bits per heavy atom. The topological polar surface area (TPSA) is 48.0 Å². The minimum absolute atomic E-state index is 0.353. The molecule has 1 aliphatic rings. The van der Waals surface area contributed by atoms with E-state index in [2.05, 4.69) is 79.5 Å². The zero-order valence-electron chi connectivity index (χ0n) is 17.2. The first kappa shape index (κ1) is 19.2. The van der Waals surface area contributed by atoms with Crippen LogP contribution in [0.25, 0.3) is 10.9 Å². The zero-order chi connectivity index (χ0) is 20.7. The molecule has 0 amide bonds. The van der Waals surface area contributed by atoms with E-state index in [9.17, 15) is 0 Å². The van der Waals surface area contributed by atoms with Crippen LogP contribution in [0.15, 0.2) is 64.5 Å². The van der Waals surface area contributed by atoms with Gasteiger partial charge in [0.15, 0.2) is 0 Å². The molecule has 152 valence electrons. The van der Waals surface area contributed by atoms with Gasteiger partial charge < -0.3 is 9.13 Å². The third-order valence-corrected chi connectivity index (χ3v) is 6.61. The summed E-state index contributed by atoms with van der Waals surface area (Å²) in [6.45, 7) is 3.56. The zero-order valence-corrected chi connectivity index (χ0v) is 18.8. The Kier molecular flexibility index (Phi) is 5.03. The van der Waals surface area contributed by atoms with Gasteiger partial charge in [-0.1, -0.05) is 18.2 Å². The van der Waals surface area contributed by atoms with Crippen molar-refractivity contribution in [1.82, 2.24) is 19.1 Å². The second-order valence-corrected chi connectivity index (χ2v) is 8.85. The summed E-state index contributed by atoms with van der Waals surface area (Å²) < 4.78 is 5.58. The Morgan fingerprint density at radius 3 is 2.80 bits per heavy atom. The first-order chi connectivity index (χ1) is 14.6. The second-order valence-electron chi connectivity index (χ2n) is 7.93. The molecule has 0 aliphatic heterocycles. The number of aryl methyl sites for hydroxylation is 2. The van der Waals surface area contributed by atoms with Crippen molar-refractivity contribution in [2.24, 2.45) is 18.0 Å². The van der Waals surface area contributed by atoms with Gasteiger partial charge >= 0.3 is 0 Å². The molecule has 0 N–H and O–H groups in total. The predicted octanol–water partition coefficient (Wildman–Crippen LogP) is 5.09. The van der Waals surface area contributed by atoms with E-state index in [1.165, 1.54) is 27.9 Å². The lowest BCUT2D eigenvalue weighted by Gasteiger charge is -2.26. The summed E-state index contributed by atoms with van der Waals surface area (Å²) in [7, 11) is 2.18. The maximum absolute atomic E-state index is 5.17. The number of fused-ring (bicyclic) bond motifs is 3. The van der Waals surface area contributed by atoms with Gasteiger partial charge in [0.25, 0.3) is 0 Å². The first-order valence-corrected chi connectivity index (χ1v) is 11.1. The number of aromatic nitrogens is 4. The average Bonchev–Trinajstić information content (AvgIpc) is 3.30. The molecular formula is C24H24BrN5. The van der Waals surface area contributed by atoms with Crippen LogP contribution in [-0.4, -0.2) is 24.8 Å². The average molecular weight is 462 g/mol. The fourth-order valence-electron chi connectivity index (χ4n) is 4.56. The van der Waals surface area contributed by atoms with Gasteiger partial charge in [-0.3, -0.25) is 9.98 Å². The molecule has 5 nitrogen and oxygen atoms in total. The monoisotopic (exact) mass is 461 g/mol. The second kappa shape index (κ2) is 7.84. The number of nitrogens with zero attached hydrogens (tertiary/aromatic N) is 5. The third kappa shape index (κ3) is 3.39. The van der Waals surface area contributed by atoms with Crippen LogP contribution in [0.4, 0.5) is 0 Å². The SMILES string of the molecule is Cc1nccn1CC1CCc2c(c3ccccc3n2C)C1=NCc1ccc(Br)cn1. The molecular weight excluding hydrogens is 438 g/mol. The molecule has 1 atom stereocenters. The van der Waals surface area contributed by atoms with E-state index in [4.69, 9.17) is 4.99 Å². The van der Waals surface area contributed by atoms with E-state index in [0.717, 1.165) is 35.4 Å². The number of para-hydroxylation sites is 1. The van der Waals surface area contributed by atoms with Crippen molar-refractivity contribution in [3.63, 3.8) is 0 Å². The Labute approximate surface area is 184 Å². The van der Waals surface area contributed by atoms with Crippen LogP contribution in [-0.2, 0) is 26.6 Å². The van der Waals surface area contributed by atoms with Crippen molar-refractivity contribution >= 4 is 32.5 Å². The highest BCUT2D eigenvalue weighted by Gasteiger charge is 2.30. The Hall–Kier alpha value is -2.73. The van der Waals surface area contributed by atoms with Crippen LogP contribution in [0, 0.1) is 12.8 Å². The van der Waals surface area contributed by atoms with Crippen molar-refractivity contribution in [2.75, 3.05) is 0 Å². The number of halogens is 1. The predicted molar refractivity (Wildman–Crippen MR) is 124 cm³/mol.